The summed E-state index contributed by atoms with van der Waals surface area (Å²) in [7, 11) is 0. The standard InChI is InChI=1S/C27H18BrF6NO3/c1-15-5-9-23(35(15)20-4-2-3-16(11-20)25(36)37)21-13-19(28)8-10-24(21)38-14-17-6-7-18(26(29,30)31)12-22(17)27(32,33)34/h2-13H,14H2,1H3,(H,36,37). The van der Waals surface area contributed by atoms with Crippen LogP contribution in [0, 0.1) is 6.92 Å². The molecular formula is C27H18BrF6NO3. The Morgan fingerprint density at radius 1 is 0.921 bits per heavy atom. The van der Waals surface area contributed by atoms with Crippen LogP contribution in [0.3, 0.4) is 0 Å². The van der Waals surface area contributed by atoms with Crippen molar-refractivity contribution in [3.63, 3.8) is 0 Å². The fraction of sp³-hybridized carbons (Fsp3) is 0.148. The van der Waals surface area contributed by atoms with Crippen LogP contribution in [-0.2, 0) is 19.0 Å². The average Bonchev–Trinajstić information content (AvgIpc) is 3.23. The number of carboxylic acid groups (broad SMARTS) is 1. The van der Waals surface area contributed by atoms with Crippen molar-refractivity contribution < 1.29 is 41.0 Å². The summed E-state index contributed by atoms with van der Waals surface area (Å²) in [4.78, 5) is 11.5. The lowest BCUT2D eigenvalue weighted by Crippen LogP contribution is -2.14. The highest BCUT2D eigenvalue weighted by Crippen LogP contribution is 2.39. The maximum Gasteiger partial charge on any atom is 0.416 e. The quantitative estimate of drug-likeness (QED) is 0.227. The van der Waals surface area contributed by atoms with Crippen molar-refractivity contribution in [1.82, 2.24) is 4.57 Å². The van der Waals surface area contributed by atoms with Crippen LogP contribution in [0.1, 0.15) is 32.7 Å². The molecule has 198 valence electrons. The second-order valence-electron chi connectivity index (χ2n) is 8.35. The zero-order chi connectivity index (χ0) is 27.8. The molecule has 0 unspecified atom stereocenters. The molecule has 1 aromatic heterocycles. The number of benzene rings is 3. The molecule has 1 heterocycles. The molecule has 38 heavy (non-hydrogen) atoms. The number of aryl methyl sites for hydroxylation is 1. The number of aromatic carboxylic acids is 1. The molecule has 0 aliphatic rings. The smallest absolute Gasteiger partial charge is 0.416 e. The Bertz CT molecular complexity index is 1510. The van der Waals surface area contributed by atoms with E-state index >= 15 is 0 Å². The maximum absolute atomic E-state index is 13.6. The summed E-state index contributed by atoms with van der Waals surface area (Å²) < 4.78 is 88.0. The van der Waals surface area contributed by atoms with Gasteiger partial charge in [0.1, 0.15) is 12.4 Å². The van der Waals surface area contributed by atoms with Crippen LogP contribution < -0.4 is 4.74 Å². The molecular weight excluding hydrogens is 580 g/mol. The first-order valence-corrected chi connectivity index (χ1v) is 11.8. The van der Waals surface area contributed by atoms with E-state index in [1.54, 1.807) is 47.9 Å². The lowest BCUT2D eigenvalue weighted by atomic mass is 10.0. The molecule has 4 rings (SSSR count). The summed E-state index contributed by atoms with van der Waals surface area (Å²) in [5.74, 6) is -0.934. The zero-order valence-electron chi connectivity index (χ0n) is 19.5. The van der Waals surface area contributed by atoms with Crippen molar-refractivity contribution in [2.45, 2.75) is 25.9 Å². The monoisotopic (exact) mass is 597 g/mol. The Hall–Kier alpha value is -3.73. The molecule has 1 N–H and O–H groups in total. The number of rotatable bonds is 6. The third-order valence-corrected chi connectivity index (χ3v) is 6.26. The molecule has 0 spiro atoms. The van der Waals surface area contributed by atoms with E-state index < -0.39 is 41.6 Å². The van der Waals surface area contributed by atoms with Gasteiger partial charge in [0.25, 0.3) is 0 Å². The first-order chi connectivity index (χ1) is 17.8. The van der Waals surface area contributed by atoms with Crippen LogP contribution in [-0.4, -0.2) is 15.6 Å². The third kappa shape index (κ3) is 5.72. The van der Waals surface area contributed by atoms with Gasteiger partial charge in [0.2, 0.25) is 0 Å². The van der Waals surface area contributed by atoms with E-state index in [1.165, 1.54) is 18.2 Å². The highest BCUT2D eigenvalue weighted by atomic mass is 79.9. The summed E-state index contributed by atoms with van der Waals surface area (Å²) >= 11 is 3.37. The number of aromatic nitrogens is 1. The van der Waals surface area contributed by atoms with Crippen molar-refractivity contribution in [2.24, 2.45) is 0 Å². The van der Waals surface area contributed by atoms with E-state index in [4.69, 9.17) is 4.74 Å². The Kier molecular flexibility index (Phi) is 7.33. The number of halogens is 7. The second kappa shape index (κ2) is 10.2. The molecule has 3 aromatic carbocycles. The third-order valence-electron chi connectivity index (χ3n) is 5.77. The van der Waals surface area contributed by atoms with E-state index in [0.717, 1.165) is 11.8 Å². The molecule has 11 heteroatoms. The van der Waals surface area contributed by atoms with Gasteiger partial charge >= 0.3 is 18.3 Å². The second-order valence-corrected chi connectivity index (χ2v) is 9.26. The van der Waals surface area contributed by atoms with Crippen LogP contribution in [0.2, 0.25) is 0 Å². The summed E-state index contributed by atoms with van der Waals surface area (Å²) in [6.07, 6.45) is -9.96. The van der Waals surface area contributed by atoms with Gasteiger partial charge < -0.3 is 14.4 Å². The number of carbonyl (C=O) groups is 1. The van der Waals surface area contributed by atoms with Gasteiger partial charge in [-0.15, -0.1) is 0 Å². The lowest BCUT2D eigenvalue weighted by Gasteiger charge is -2.19. The summed E-state index contributed by atoms with van der Waals surface area (Å²) in [5.41, 5.74) is -0.927. The Labute approximate surface area is 221 Å². The zero-order valence-corrected chi connectivity index (χ0v) is 21.1. The van der Waals surface area contributed by atoms with Gasteiger partial charge in [0.15, 0.2) is 0 Å². The molecule has 0 atom stereocenters. The van der Waals surface area contributed by atoms with Gasteiger partial charge in [-0.1, -0.05) is 28.1 Å². The molecule has 0 saturated carbocycles. The van der Waals surface area contributed by atoms with E-state index in [9.17, 15) is 36.2 Å². The van der Waals surface area contributed by atoms with Gasteiger partial charge in [-0.25, -0.2) is 4.79 Å². The van der Waals surface area contributed by atoms with E-state index in [0.29, 0.717) is 27.5 Å². The van der Waals surface area contributed by atoms with E-state index in [-0.39, 0.29) is 17.4 Å². The van der Waals surface area contributed by atoms with Crippen molar-refractivity contribution in [3.8, 4) is 22.7 Å². The minimum Gasteiger partial charge on any atom is -0.488 e. The molecule has 0 bridgehead atoms. The fourth-order valence-corrected chi connectivity index (χ4v) is 4.36. The van der Waals surface area contributed by atoms with Crippen molar-refractivity contribution in [3.05, 3.63) is 105 Å². The first-order valence-electron chi connectivity index (χ1n) is 11.0. The average molecular weight is 598 g/mol. The van der Waals surface area contributed by atoms with Gasteiger partial charge in [-0.3, -0.25) is 0 Å². The predicted molar refractivity (Wildman–Crippen MR) is 131 cm³/mol. The van der Waals surface area contributed by atoms with Crippen molar-refractivity contribution in [2.75, 3.05) is 0 Å². The first kappa shape index (κ1) is 27.3. The van der Waals surface area contributed by atoms with E-state index in [2.05, 4.69) is 15.9 Å². The maximum atomic E-state index is 13.6. The number of nitrogens with zero attached hydrogens (tertiary/aromatic N) is 1. The van der Waals surface area contributed by atoms with Gasteiger partial charge in [-0.05, 0) is 67.6 Å². The SMILES string of the molecule is Cc1ccc(-c2cc(Br)ccc2OCc2ccc(C(F)(F)F)cc2C(F)(F)F)n1-c1cccc(C(=O)O)c1. The number of carboxylic acids is 1. The summed E-state index contributed by atoms with van der Waals surface area (Å²) in [5, 5.41) is 9.38. The molecule has 4 aromatic rings. The summed E-state index contributed by atoms with van der Waals surface area (Å²) in [6.45, 7) is 1.16. The van der Waals surface area contributed by atoms with Gasteiger partial charge in [0, 0.05) is 27.0 Å². The highest BCUT2D eigenvalue weighted by Gasteiger charge is 2.38. The normalized spacial score (nSPS) is 12.0. The molecule has 4 nitrogen and oxygen atoms in total. The van der Waals surface area contributed by atoms with Crippen molar-refractivity contribution in [1.29, 1.82) is 0 Å². The number of ether oxygens (including phenoxy) is 1. The van der Waals surface area contributed by atoms with Gasteiger partial charge in [-0.2, -0.15) is 26.3 Å². The van der Waals surface area contributed by atoms with E-state index in [1.807, 2.05) is 0 Å². The van der Waals surface area contributed by atoms with Crippen LogP contribution in [0.15, 0.2) is 77.3 Å². The molecule has 0 aliphatic carbocycles. The van der Waals surface area contributed by atoms with Crippen LogP contribution >= 0.6 is 15.9 Å². The molecule has 0 fully saturated rings. The van der Waals surface area contributed by atoms with Crippen LogP contribution in [0.4, 0.5) is 26.3 Å². The number of alkyl halides is 6. The number of hydrogen-bond donors (Lipinski definition) is 1. The molecule has 0 amide bonds. The Morgan fingerprint density at radius 3 is 2.32 bits per heavy atom. The minimum atomic E-state index is -5.02. The van der Waals surface area contributed by atoms with Crippen molar-refractivity contribution >= 4 is 21.9 Å². The topological polar surface area (TPSA) is 51.5 Å². The number of hydrogen-bond acceptors (Lipinski definition) is 2. The largest absolute Gasteiger partial charge is 0.488 e. The molecule has 0 saturated heterocycles. The Morgan fingerprint density at radius 2 is 1.66 bits per heavy atom. The summed E-state index contributed by atoms with van der Waals surface area (Å²) in [6, 6.07) is 16.0. The highest BCUT2D eigenvalue weighted by molar-refractivity contribution is 9.10. The van der Waals surface area contributed by atoms with Crippen LogP contribution in [0.5, 0.6) is 5.75 Å². The van der Waals surface area contributed by atoms with Crippen LogP contribution in [0.25, 0.3) is 16.9 Å². The minimum absolute atomic E-state index is 0.0641. The predicted octanol–water partition coefficient (Wildman–Crippen LogP) is 8.53. The molecule has 0 radical (unpaired) electrons. The van der Waals surface area contributed by atoms with Gasteiger partial charge in [0.05, 0.1) is 22.4 Å². The molecule has 0 aliphatic heterocycles. The fourth-order valence-electron chi connectivity index (χ4n) is 4.00. The Balaban J connectivity index is 1.75. The lowest BCUT2D eigenvalue weighted by molar-refractivity contribution is -0.143.